The molecule has 1 aliphatic carbocycles. The summed E-state index contributed by atoms with van der Waals surface area (Å²) in [5.74, 6) is -0.923. The zero-order valence-corrected chi connectivity index (χ0v) is 19.4. The van der Waals surface area contributed by atoms with E-state index in [2.05, 4.69) is 32.1 Å². The third-order valence-corrected chi connectivity index (χ3v) is 7.57. The number of halogens is 2. The summed E-state index contributed by atoms with van der Waals surface area (Å²) in [6.45, 7) is 3.37. The Bertz CT molecular complexity index is 992. The Morgan fingerprint density at radius 3 is 2.59 bits per heavy atom. The lowest BCUT2D eigenvalue weighted by Crippen LogP contribution is -2.45. The Labute approximate surface area is 199 Å². The summed E-state index contributed by atoms with van der Waals surface area (Å²) < 4.78 is 26.9. The maximum atomic E-state index is 13.5. The molecule has 1 amide bonds. The van der Waals surface area contributed by atoms with E-state index in [4.69, 9.17) is 0 Å². The molecule has 3 N–H and O–H groups in total. The van der Waals surface area contributed by atoms with Gasteiger partial charge in [-0.3, -0.25) is 20.1 Å². The third kappa shape index (κ3) is 5.45. The predicted octanol–water partition coefficient (Wildman–Crippen LogP) is 3.39. The number of amides is 1. The molecule has 6 nitrogen and oxygen atoms in total. The number of pyridine rings is 1. The van der Waals surface area contributed by atoms with E-state index < -0.39 is 11.6 Å². The van der Waals surface area contributed by atoms with Crippen LogP contribution in [0.5, 0.6) is 0 Å². The van der Waals surface area contributed by atoms with Crippen LogP contribution in [0.3, 0.4) is 0 Å². The molecule has 2 saturated heterocycles. The summed E-state index contributed by atoms with van der Waals surface area (Å²) in [6, 6.07) is 5.48. The van der Waals surface area contributed by atoms with Crippen LogP contribution in [0.15, 0.2) is 36.7 Å². The standard InChI is InChI=1S/C26H33F2N5O/c27-21-9-17(10-22(28)12-21)14-30-26(34)25-23-11-19(4-5-24(23)31-32-25)20-8-18(13-29-15-20)16-33-6-2-1-3-7-33/h8-10,12-13,15,19,23-25,31-32H,1-7,11,14,16H2,(H,30,34). The number of rotatable bonds is 6. The largest absolute Gasteiger partial charge is 0.351 e. The Hall–Kier alpha value is -2.42. The molecule has 3 heterocycles. The van der Waals surface area contributed by atoms with E-state index in [-0.39, 0.29) is 30.5 Å². The van der Waals surface area contributed by atoms with E-state index in [1.54, 1.807) is 0 Å². The lowest BCUT2D eigenvalue weighted by Gasteiger charge is -2.33. The molecule has 0 radical (unpaired) electrons. The van der Waals surface area contributed by atoms with Crippen LogP contribution in [0.25, 0.3) is 0 Å². The highest BCUT2D eigenvalue weighted by Crippen LogP contribution is 2.39. The first-order valence-corrected chi connectivity index (χ1v) is 12.4. The SMILES string of the molecule is O=C(NCc1cc(F)cc(F)c1)C1NNC2CCC(c3cncc(CN4CCCCC4)c3)CC21. The van der Waals surface area contributed by atoms with Crippen LogP contribution in [0.4, 0.5) is 8.78 Å². The molecule has 3 fully saturated rings. The first-order chi connectivity index (χ1) is 16.5. The minimum Gasteiger partial charge on any atom is -0.351 e. The van der Waals surface area contributed by atoms with Crippen molar-refractivity contribution < 1.29 is 13.6 Å². The van der Waals surface area contributed by atoms with E-state index in [9.17, 15) is 13.6 Å². The molecule has 0 bridgehead atoms. The van der Waals surface area contributed by atoms with Crippen LogP contribution in [0, 0.1) is 17.6 Å². The second-order valence-electron chi connectivity index (χ2n) is 10.0. The second kappa shape index (κ2) is 10.5. The highest BCUT2D eigenvalue weighted by atomic mass is 19.1. The molecule has 2 aromatic rings. The smallest absolute Gasteiger partial charge is 0.239 e. The molecule has 0 spiro atoms. The number of carbonyl (C=O) groups is 1. The molecule has 2 aliphatic heterocycles. The van der Waals surface area contributed by atoms with Crippen molar-refractivity contribution in [2.24, 2.45) is 5.92 Å². The maximum absolute atomic E-state index is 13.5. The fourth-order valence-corrected chi connectivity index (χ4v) is 5.82. The summed E-state index contributed by atoms with van der Waals surface area (Å²) in [5.41, 5.74) is 9.38. The van der Waals surface area contributed by atoms with Gasteiger partial charge in [0.2, 0.25) is 5.91 Å². The van der Waals surface area contributed by atoms with Gasteiger partial charge >= 0.3 is 0 Å². The van der Waals surface area contributed by atoms with Gasteiger partial charge in [-0.2, -0.15) is 0 Å². The minimum absolute atomic E-state index is 0.0922. The van der Waals surface area contributed by atoms with Crippen molar-refractivity contribution in [2.75, 3.05) is 13.1 Å². The predicted molar refractivity (Wildman–Crippen MR) is 125 cm³/mol. The van der Waals surface area contributed by atoms with Gasteiger partial charge in [0.25, 0.3) is 0 Å². The summed E-state index contributed by atoms with van der Waals surface area (Å²) in [6.07, 6.45) is 10.8. The number of nitrogens with one attached hydrogen (secondary N) is 3. The van der Waals surface area contributed by atoms with Crippen molar-refractivity contribution in [1.82, 2.24) is 26.1 Å². The van der Waals surface area contributed by atoms with Crippen molar-refractivity contribution in [1.29, 1.82) is 0 Å². The highest BCUT2D eigenvalue weighted by molar-refractivity contribution is 5.82. The monoisotopic (exact) mass is 469 g/mol. The number of hydrazine groups is 1. The van der Waals surface area contributed by atoms with Crippen LogP contribution in [-0.4, -0.2) is 41.0 Å². The van der Waals surface area contributed by atoms with Gasteiger partial charge in [-0.25, -0.2) is 14.2 Å². The van der Waals surface area contributed by atoms with Gasteiger partial charge in [0.1, 0.15) is 17.7 Å². The number of aromatic nitrogens is 1. The fourth-order valence-electron chi connectivity index (χ4n) is 5.82. The van der Waals surface area contributed by atoms with Gasteiger partial charge in [-0.05, 0) is 79.9 Å². The summed E-state index contributed by atoms with van der Waals surface area (Å²) in [5, 5.41) is 2.84. The Kier molecular flexibility index (Phi) is 7.18. The Balaban J connectivity index is 1.21. The quantitative estimate of drug-likeness (QED) is 0.605. The van der Waals surface area contributed by atoms with Gasteiger partial charge in [-0.1, -0.05) is 12.5 Å². The molecule has 34 heavy (non-hydrogen) atoms. The van der Waals surface area contributed by atoms with Crippen molar-refractivity contribution in [3.63, 3.8) is 0 Å². The maximum Gasteiger partial charge on any atom is 0.239 e. The number of carbonyl (C=O) groups excluding carboxylic acids is 1. The van der Waals surface area contributed by atoms with Crippen molar-refractivity contribution in [3.8, 4) is 0 Å². The number of piperidine rings is 1. The molecule has 182 valence electrons. The van der Waals surface area contributed by atoms with Gasteiger partial charge in [0.15, 0.2) is 0 Å². The van der Waals surface area contributed by atoms with Crippen LogP contribution in [0.2, 0.25) is 0 Å². The molecule has 5 rings (SSSR count). The zero-order valence-electron chi connectivity index (χ0n) is 19.4. The Morgan fingerprint density at radius 1 is 1.00 bits per heavy atom. The van der Waals surface area contributed by atoms with Gasteiger partial charge < -0.3 is 5.32 Å². The molecule has 1 aromatic carbocycles. The number of nitrogens with zero attached hydrogens (tertiary/aromatic N) is 2. The number of fused-ring (bicyclic) bond motifs is 1. The molecular weight excluding hydrogens is 436 g/mol. The van der Waals surface area contributed by atoms with E-state index >= 15 is 0 Å². The first kappa shape index (κ1) is 23.3. The van der Waals surface area contributed by atoms with Crippen molar-refractivity contribution >= 4 is 5.91 Å². The van der Waals surface area contributed by atoms with Crippen molar-refractivity contribution in [3.05, 3.63) is 65.0 Å². The van der Waals surface area contributed by atoms with Crippen LogP contribution >= 0.6 is 0 Å². The summed E-state index contributed by atoms with van der Waals surface area (Å²) in [4.78, 5) is 20.0. The van der Waals surface area contributed by atoms with E-state index in [0.717, 1.165) is 45.0 Å². The molecule has 4 unspecified atom stereocenters. The number of benzene rings is 1. The van der Waals surface area contributed by atoms with Gasteiger partial charge in [-0.15, -0.1) is 0 Å². The molecule has 1 saturated carbocycles. The van der Waals surface area contributed by atoms with Gasteiger partial charge in [0.05, 0.1) is 0 Å². The topological polar surface area (TPSA) is 69.3 Å². The second-order valence-corrected chi connectivity index (χ2v) is 10.0. The number of hydrogen-bond donors (Lipinski definition) is 3. The van der Waals surface area contributed by atoms with Crippen LogP contribution < -0.4 is 16.2 Å². The van der Waals surface area contributed by atoms with E-state index in [1.165, 1.54) is 42.5 Å². The van der Waals surface area contributed by atoms with E-state index in [0.29, 0.717) is 11.5 Å². The first-order valence-electron chi connectivity index (χ1n) is 12.4. The van der Waals surface area contributed by atoms with Crippen molar-refractivity contribution in [2.45, 2.75) is 69.6 Å². The van der Waals surface area contributed by atoms with Crippen LogP contribution in [0.1, 0.15) is 61.1 Å². The molecular formula is C26H33F2N5O. The Morgan fingerprint density at radius 2 is 1.79 bits per heavy atom. The fraction of sp³-hybridized carbons (Fsp3) is 0.538. The number of likely N-dealkylation sites (tertiary alicyclic amines) is 1. The molecule has 8 heteroatoms. The lowest BCUT2D eigenvalue weighted by molar-refractivity contribution is -0.124. The summed E-state index contributed by atoms with van der Waals surface area (Å²) in [7, 11) is 0. The zero-order chi connectivity index (χ0) is 23.5. The van der Waals surface area contributed by atoms with Gasteiger partial charge in [0, 0.05) is 43.5 Å². The molecule has 4 atom stereocenters. The number of hydrogen-bond acceptors (Lipinski definition) is 5. The average Bonchev–Trinajstić information content (AvgIpc) is 3.26. The molecule has 3 aliphatic rings. The van der Waals surface area contributed by atoms with E-state index in [1.807, 2.05) is 12.4 Å². The summed E-state index contributed by atoms with van der Waals surface area (Å²) >= 11 is 0. The van der Waals surface area contributed by atoms with Crippen LogP contribution in [-0.2, 0) is 17.9 Å². The normalized spacial score (nSPS) is 27.4. The lowest BCUT2D eigenvalue weighted by atomic mass is 9.73. The minimum atomic E-state index is -0.642. The third-order valence-electron chi connectivity index (χ3n) is 7.57. The highest BCUT2D eigenvalue weighted by Gasteiger charge is 2.43. The molecule has 1 aromatic heterocycles. The average molecular weight is 470 g/mol.